The number of methoxy groups -OCH3 is 2. The second-order valence-electron chi connectivity index (χ2n) is 4.17. The fraction of sp³-hybridized carbons (Fsp3) is 0.429. The zero-order valence-electron chi connectivity index (χ0n) is 11.5. The van der Waals surface area contributed by atoms with Crippen LogP contribution in [0.3, 0.4) is 0 Å². The second-order valence-corrected chi connectivity index (χ2v) is 4.17. The lowest BCUT2D eigenvalue weighted by molar-refractivity contribution is -0.146. The van der Waals surface area contributed by atoms with E-state index in [0.717, 1.165) is 17.7 Å². The van der Waals surface area contributed by atoms with Gasteiger partial charge in [-0.1, -0.05) is 12.1 Å². The van der Waals surface area contributed by atoms with Crippen molar-refractivity contribution < 1.29 is 19.1 Å². The van der Waals surface area contributed by atoms with E-state index in [1.54, 1.807) is 14.2 Å². The Bertz CT molecular complexity index is 428. The molecule has 1 amide bonds. The summed E-state index contributed by atoms with van der Waals surface area (Å²) in [6.45, 7) is 0.558. The zero-order chi connectivity index (χ0) is 14.3. The first-order chi connectivity index (χ1) is 9.06. The van der Waals surface area contributed by atoms with Crippen LogP contribution in [0.25, 0.3) is 0 Å². The van der Waals surface area contributed by atoms with E-state index in [9.17, 15) is 9.59 Å². The number of amides is 1. The lowest BCUT2D eigenvalue weighted by atomic mass is 10.1. The molecule has 104 valence electrons. The minimum Gasteiger partial charge on any atom is -0.497 e. The maximum absolute atomic E-state index is 11.6. The van der Waals surface area contributed by atoms with Crippen LogP contribution in [0.4, 0.5) is 0 Å². The Balaban J connectivity index is 2.42. The van der Waals surface area contributed by atoms with Gasteiger partial charge in [0.25, 0.3) is 0 Å². The molecular weight excluding hydrogens is 246 g/mol. The summed E-state index contributed by atoms with van der Waals surface area (Å²) in [7, 11) is 4.57. The highest BCUT2D eigenvalue weighted by molar-refractivity contribution is 5.94. The average Bonchev–Trinajstić information content (AvgIpc) is 2.44. The number of nitrogens with zero attached hydrogens (tertiary/aromatic N) is 1. The number of likely N-dealkylation sites (N-methyl/N-ethyl adjacent to an activating group) is 1. The molecule has 0 radical (unpaired) electrons. The molecule has 0 saturated heterocycles. The van der Waals surface area contributed by atoms with E-state index < -0.39 is 5.97 Å². The number of hydrogen-bond donors (Lipinski definition) is 0. The molecular formula is C14H19NO4. The van der Waals surface area contributed by atoms with Crippen LogP contribution >= 0.6 is 0 Å². The van der Waals surface area contributed by atoms with Crippen LogP contribution in [0.15, 0.2) is 24.3 Å². The average molecular weight is 265 g/mol. The van der Waals surface area contributed by atoms with Crippen molar-refractivity contribution in [3.05, 3.63) is 29.8 Å². The summed E-state index contributed by atoms with van der Waals surface area (Å²) >= 11 is 0. The van der Waals surface area contributed by atoms with Gasteiger partial charge in [-0.15, -0.1) is 0 Å². The summed E-state index contributed by atoms with van der Waals surface area (Å²) < 4.78 is 9.53. The standard InChI is InChI=1S/C14H19NO4/c1-15(13(16)10-14(17)19-3)9-8-11-4-6-12(18-2)7-5-11/h4-7H,8-10H2,1-3H3. The van der Waals surface area contributed by atoms with Gasteiger partial charge in [0.2, 0.25) is 5.91 Å². The number of rotatable bonds is 6. The molecule has 1 aromatic rings. The Morgan fingerprint density at radius 2 is 1.79 bits per heavy atom. The molecule has 0 fully saturated rings. The molecule has 0 unspecified atom stereocenters. The second kappa shape index (κ2) is 7.41. The molecule has 0 aromatic heterocycles. The fourth-order valence-corrected chi connectivity index (χ4v) is 1.54. The normalized spacial score (nSPS) is 9.84. The van der Waals surface area contributed by atoms with Crippen molar-refractivity contribution in [3.8, 4) is 5.75 Å². The van der Waals surface area contributed by atoms with E-state index in [0.29, 0.717) is 6.54 Å². The number of benzene rings is 1. The van der Waals surface area contributed by atoms with Crippen molar-refractivity contribution >= 4 is 11.9 Å². The molecule has 0 spiro atoms. The van der Waals surface area contributed by atoms with Crippen molar-refractivity contribution in [3.63, 3.8) is 0 Å². The van der Waals surface area contributed by atoms with Gasteiger partial charge in [0, 0.05) is 13.6 Å². The molecule has 0 aliphatic heterocycles. The van der Waals surface area contributed by atoms with Crippen molar-refractivity contribution in [1.29, 1.82) is 0 Å². The Morgan fingerprint density at radius 3 is 2.32 bits per heavy atom. The summed E-state index contributed by atoms with van der Waals surface area (Å²) in [5.41, 5.74) is 1.11. The summed E-state index contributed by atoms with van der Waals surface area (Å²) in [5, 5.41) is 0. The monoisotopic (exact) mass is 265 g/mol. The molecule has 0 heterocycles. The molecule has 0 N–H and O–H groups in total. The maximum Gasteiger partial charge on any atom is 0.315 e. The number of hydrogen-bond acceptors (Lipinski definition) is 4. The lowest BCUT2D eigenvalue weighted by Crippen LogP contribution is -2.30. The van der Waals surface area contributed by atoms with Crippen LogP contribution in [0.5, 0.6) is 5.75 Å². The van der Waals surface area contributed by atoms with Crippen molar-refractivity contribution in [2.24, 2.45) is 0 Å². The molecule has 0 aliphatic rings. The topological polar surface area (TPSA) is 55.8 Å². The van der Waals surface area contributed by atoms with Crippen LogP contribution < -0.4 is 4.74 Å². The Kier molecular flexibility index (Phi) is 5.85. The Labute approximate surface area is 113 Å². The van der Waals surface area contributed by atoms with Gasteiger partial charge in [0.05, 0.1) is 14.2 Å². The van der Waals surface area contributed by atoms with Gasteiger partial charge < -0.3 is 14.4 Å². The minimum absolute atomic E-state index is 0.213. The SMILES string of the molecule is COC(=O)CC(=O)N(C)CCc1ccc(OC)cc1. The van der Waals surface area contributed by atoms with E-state index in [4.69, 9.17) is 4.74 Å². The maximum atomic E-state index is 11.6. The first kappa shape index (κ1) is 15.0. The van der Waals surface area contributed by atoms with Gasteiger partial charge in [-0.2, -0.15) is 0 Å². The summed E-state index contributed by atoms with van der Waals surface area (Å²) in [6.07, 6.45) is 0.517. The molecule has 19 heavy (non-hydrogen) atoms. The molecule has 1 rings (SSSR count). The number of ether oxygens (including phenoxy) is 2. The molecule has 5 heteroatoms. The molecule has 0 aliphatic carbocycles. The third-order valence-corrected chi connectivity index (χ3v) is 2.84. The third kappa shape index (κ3) is 4.99. The van der Waals surface area contributed by atoms with Crippen LogP contribution in [-0.4, -0.2) is 44.6 Å². The van der Waals surface area contributed by atoms with Crippen LogP contribution in [-0.2, 0) is 20.7 Å². The van der Waals surface area contributed by atoms with E-state index >= 15 is 0 Å². The number of esters is 1. The van der Waals surface area contributed by atoms with Crippen molar-refractivity contribution in [1.82, 2.24) is 4.90 Å². The van der Waals surface area contributed by atoms with E-state index in [1.165, 1.54) is 12.0 Å². The molecule has 1 aromatic carbocycles. The predicted molar refractivity (Wildman–Crippen MR) is 71.0 cm³/mol. The number of carbonyl (C=O) groups is 2. The minimum atomic E-state index is -0.513. The van der Waals surface area contributed by atoms with Gasteiger partial charge in [-0.25, -0.2) is 0 Å². The highest BCUT2D eigenvalue weighted by atomic mass is 16.5. The molecule has 0 saturated carbocycles. The Hall–Kier alpha value is -2.04. The lowest BCUT2D eigenvalue weighted by Gasteiger charge is -2.16. The highest BCUT2D eigenvalue weighted by Gasteiger charge is 2.13. The van der Waals surface area contributed by atoms with Crippen LogP contribution in [0.1, 0.15) is 12.0 Å². The molecule has 5 nitrogen and oxygen atoms in total. The fourth-order valence-electron chi connectivity index (χ4n) is 1.54. The van der Waals surface area contributed by atoms with Crippen LogP contribution in [0, 0.1) is 0 Å². The van der Waals surface area contributed by atoms with Crippen LogP contribution in [0.2, 0.25) is 0 Å². The van der Waals surface area contributed by atoms with E-state index in [-0.39, 0.29) is 12.3 Å². The van der Waals surface area contributed by atoms with E-state index in [2.05, 4.69) is 4.74 Å². The highest BCUT2D eigenvalue weighted by Crippen LogP contribution is 2.11. The first-order valence-electron chi connectivity index (χ1n) is 6.00. The van der Waals surface area contributed by atoms with Crippen molar-refractivity contribution in [2.75, 3.05) is 27.8 Å². The largest absolute Gasteiger partial charge is 0.497 e. The van der Waals surface area contributed by atoms with Gasteiger partial charge in [-0.3, -0.25) is 9.59 Å². The van der Waals surface area contributed by atoms with Crippen molar-refractivity contribution in [2.45, 2.75) is 12.8 Å². The molecule has 0 bridgehead atoms. The summed E-state index contributed by atoms with van der Waals surface area (Å²) in [6, 6.07) is 7.67. The Morgan fingerprint density at radius 1 is 1.16 bits per heavy atom. The predicted octanol–water partition coefficient (Wildman–Crippen LogP) is 1.26. The summed E-state index contributed by atoms with van der Waals surface area (Å²) in [5.74, 6) is 0.0560. The number of carbonyl (C=O) groups excluding carboxylic acids is 2. The smallest absolute Gasteiger partial charge is 0.315 e. The van der Waals surface area contributed by atoms with Gasteiger partial charge in [0.1, 0.15) is 12.2 Å². The van der Waals surface area contributed by atoms with Gasteiger partial charge in [0.15, 0.2) is 0 Å². The molecule has 0 atom stereocenters. The third-order valence-electron chi connectivity index (χ3n) is 2.84. The van der Waals surface area contributed by atoms with Gasteiger partial charge in [-0.05, 0) is 24.1 Å². The van der Waals surface area contributed by atoms with Gasteiger partial charge >= 0.3 is 5.97 Å². The zero-order valence-corrected chi connectivity index (χ0v) is 11.5. The first-order valence-corrected chi connectivity index (χ1v) is 6.00. The summed E-state index contributed by atoms with van der Waals surface area (Å²) in [4.78, 5) is 24.2. The van der Waals surface area contributed by atoms with E-state index in [1.807, 2.05) is 24.3 Å². The quantitative estimate of drug-likeness (QED) is 0.574.